The Labute approximate surface area is 225 Å². The molecule has 0 saturated heterocycles. The summed E-state index contributed by atoms with van der Waals surface area (Å²) in [5.74, 6) is -1.30. The van der Waals surface area contributed by atoms with Crippen LogP contribution in [0.4, 0.5) is 18.0 Å². The number of hydrogen-bond acceptors (Lipinski definition) is 6. The normalized spacial score (nSPS) is 22.1. The van der Waals surface area contributed by atoms with Crippen molar-refractivity contribution < 1.29 is 40.0 Å². The molecular weight excluding hydrogens is 535 g/mol. The molecule has 0 saturated carbocycles. The second kappa shape index (κ2) is 10.7. The number of allylic oxidation sites excluding steroid dienone is 2. The highest BCUT2D eigenvalue weighted by Gasteiger charge is 2.50. The molecule has 1 heterocycles. The molecule has 7 nitrogen and oxygen atoms in total. The van der Waals surface area contributed by atoms with Gasteiger partial charge in [-0.25, -0.2) is 4.79 Å². The van der Waals surface area contributed by atoms with Gasteiger partial charge in [-0.2, -0.15) is 21.6 Å². The van der Waals surface area contributed by atoms with E-state index in [1.54, 1.807) is 39.0 Å². The fraction of sp³-hybridized carbons (Fsp3) is 0.393. The Bertz CT molecular complexity index is 1420. The standard InChI is InChI=1S/C28H30F3NO6S/c1-18(21-14-9-11-19-10-5-6-12-22(19)21)32(26(33)37-27(2,3)4)17-20-16-25(38-39(34,35)28(29,30)31)23-13-7-8-15-24(23)36-20/h5-16,18,20,23-24H,17H2,1-4H3/t18-,20?,23?,24?/m1/s1. The van der Waals surface area contributed by atoms with E-state index in [0.29, 0.717) is 0 Å². The molecule has 0 spiro atoms. The molecule has 1 aliphatic heterocycles. The maximum absolute atomic E-state index is 13.4. The molecule has 4 rings (SSSR count). The van der Waals surface area contributed by atoms with Crippen LogP contribution in [0.25, 0.3) is 10.8 Å². The lowest BCUT2D eigenvalue weighted by molar-refractivity contribution is -0.0561. The minimum absolute atomic E-state index is 0.140. The van der Waals surface area contributed by atoms with Gasteiger partial charge in [-0.15, -0.1) is 0 Å². The second-order valence-corrected chi connectivity index (χ2v) is 11.9. The number of rotatable bonds is 6. The lowest BCUT2D eigenvalue weighted by Crippen LogP contribution is -2.46. The molecule has 4 atom stereocenters. The summed E-state index contributed by atoms with van der Waals surface area (Å²) in [4.78, 5) is 14.9. The van der Waals surface area contributed by atoms with Gasteiger partial charge in [0, 0.05) is 0 Å². The fourth-order valence-electron chi connectivity index (χ4n) is 4.55. The zero-order valence-electron chi connectivity index (χ0n) is 21.9. The van der Waals surface area contributed by atoms with Crippen molar-refractivity contribution in [2.24, 2.45) is 5.92 Å². The van der Waals surface area contributed by atoms with Crippen LogP contribution in [0.2, 0.25) is 0 Å². The Kier molecular flexibility index (Phi) is 7.86. The number of fused-ring (bicyclic) bond motifs is 2. The van der Waals surface area contributed by atoms with E-state index >= 15 is 0 Å². The summed E-state index contributed by atoms with van der Waals surface area (Å²) in [6.45, 7) is 6.84. The number of carbonyl (C=O) groups excluding carboxylic acids is 1. The summed E-state index contributed by atoms with van der Waals surface area (Å²) < 4.78 is 79.4. The van der Waals surface area contributed by atoms with Crippen molar-refractivity contribution >= 4 is 27.0 Å². The molecular formula is C28H30F3NO6S. The molecule has 1 amide bonds. The van der Waals surface area contributed by atoms with Crippen LogP contribution in [-0.2, 0) is 23.8 Å². The average Bonchev–Trinajstić information content (AvgIpc) is 2.84. The quantitative estimate of drug-likeness (QED) is 0.298. The van der Waals surface area contributed by atoms with Crippen molar-refractivity contribution in [2.75, 3.05) is 6.54 Å². The van der Waals surface area contributed by atoms with Gasteiger partial charge in [0.1, 0.15) is 11.4 Å². The van der Waals surface area contributed by atoms with Crippen LogP contribution < -0.4 is 0 Å². The van der Waals surface area contributed by atoms with Gasteiger partial charge >= 0.3 is 21.7 Å². The van der Waals surface area contributed by atoms with Gasteiger partial charge in [-0.3, -0.25) is 4.90 Å². The number of nitrogens with zero attached hydrogens (tertiary/aromatic N) is 1. The lowest BCUT2D eigenvalue weighted by atomic mass is 9.92. The topological polar surface area (TPSA) is 82.1 Å². The van der Waals surface area contributed by atoms with Gasteiger partial charge in [0.25, 0.3) is 0 Å². The molecule has 0 N–H and O–H groups in total. The summed E-state index contributed by atoms with van der Waals surface area (Å²) in [5, 5.41) is 1.89. The molecule has 0 aromatic heterocycles. The van der Waals surface area contributed by atoms with Crippen LogP contribution in [0.5, 0.6) is 0 Å². The number of ether oxygens (including phenoxy) is 2. The first-order valence-electron chi connectivity index (χ1n) is 12.4. The Morgan fingerprint density at radius 3 is 2.41 bits per heavy atom. The summed E-state index contributed by atoms with van der Waals surface area (Å²) in [6.07, 6.45) is 5.04. The number of amides is 1. The third-order valence-electron chi connectivity index (χ3n) is 6.33. The van der Waals surface area contributed by atoms with Gasteiger partial charge in [0.2, 0.25) is 0 Å². The number of hydrogen-bond donors (Lipinski definition) is 0. The molecule has 11 heteroatoms. The third kappa shape index (κ3) is 6.47. The number of carbonyl (C=O) groups is 1. The van der Waals surface area contributed by atoms with Crippen molar-refractivity contribution in [3.8, 4) is 0 Å². The second-order valence-electron chi connectivity index (χ2n) is 10.4. The van der Waals surface area contributed by atoms with Crippen LogP contribution in [0.1, 0.15) is 39.3 Å². The van der Waals surface area contributed by atoms with Crippen molar-refractivity contribution in [1.82, 2.24) is 4.90 Å². The SMILES string of the molecule is C[C@H](c1cccc2ccccc12)N(CC1C=C(OS(=O)(=O)C(F)(F)F)C2C=CC=CC2O1)C(=O)OC(C)(C)C. The first-order valence-corrected chi connectivity index (χ1v) is 13.8. The van der Waals surface area contributed by atoms with Crippen LogP contribution in [-0.4, -0.2) is 49.3 Å². The van der Waals surface area contributed by atoms with Gasteiger partial charge < -0.3 is 13.7 Å². The molecule has 1 aliphatic carbocycles. The first-order chi connectivity index (χ1) is 18.2. The molecule has 2 aromatic carbocycles. The van der Waals surface area contributed by atoms with Gasteiger partial charge in [-0.1, -0.05) is 66.8 Å². The van der Waals surface area contributed by atoms with E-state index in [1.165, 1.54) is 17.1 Å². The van der Waals surface area contributed by atoms with E-state index in [9.17, 15) is 26.4 Å². The minimum atomic E-state index is -5.91. The third-order valence-corrected chi connectivity index (χ3v) is 7.31. The van der Waals surface area contributed by atoms with Gasteiger partial charge in [-0.05, 0) is 50.1 Å². The zero-order chi connectivity index (χ0) is 28.6. The number of benzene rings is 2. The van der Waals surface area contributed by atoms with E-state index in [4.69, 9.17) is 9.47 Å². The smallest absolute Gasteiger partial charge is 0.444 e. The maximum atomic E-state index is 13.4. The molecule has 0 radical (unpaired) electrons. The highest BCUT2D eigenvalue weighted by atomic mass is 32.2. The molecule has 2 aliphatic rings. The van der Waals surface area contributed by atoms with Crippen LogP contribution in [0.15, 0.2) is 78.6 Å². The number of halogens is 3. The molecule has 0 fully saturated rings. The van der Waals surface area contributed by atoms with E-state index < -0.39 is 57.2 Å². The minimum Gasteiger partial charge on any atom is -0.444 e. The van der Waals surface area contributed by atoms with E-state index in [-0.39, 0.29) is 6.54 Å². The van der Waals surface area contributed by atoms with Gasteiger partial charge in [0.15, 0.2) is 0 Å². The molecule has 0 bridgehead atoms. The Morgan fingerprint density at radius 2 is 1.72 bits per heavy atom. The Balaban J connectivity index is 1.72. The maximum Gasteiger partial charge on any atom is 0.534 e. The Hall–Kier alpha value is -3.31. The molecule has 3 unspecified atom stereocenters. The first kappa shape index (κ1) is 28.7. The summed E-state index contributed by atoms with van der Waals surface area (Å²) in [5.41, 5.74) is -5.60. The monoisotopic (exact) mass is 565 g/mol. The van der Waals surface area contributed by atoms with Crippen molar-refractivity contribution in [3.63, 3.8) is 0 Å². The van der Waals surface area contributed by atoms with E-state index in [1.807, 2.05) is 49.4 Å². The largest absolute Gasteiger partial charge is 0.534 e. The summed E-state index contributed by atoms with van der Waals surface area (Å²) in [7, 11) is -5.91. The van der Waals surface area contributed by atoms with E-state index in [2.05, 4.69) is 4.18 Å². The Morgan fingerprint density at radius 1 is 1.05 bits per heavy atom. The highest BCUT2D eigenvalue weighted by Crippen LogP contribution is 2.37. The molecule has 2 aromatic rings. The van der Waals surface area contributed by atoms with Gasteiger partial charge in [0.05, 0.1) is 30.7 Å². The average molecular weight is 566 g/mol. The summed E-state index contributed by atoms with van der Waals surface area (Å²) >= 11 is 0. The summed E-state index contributed by atoms with van der Waals surface area (Å²) in [6, 6.07) is 12.8. The molecule has 39 heavy (non-hydrogen) atoms. The van der Waals surface area contributed by atoms with Crippen LogP contribution >= 0.6 is 0 Å². The van der Waals surface area contributed by atoms with E-state index in [0.717, 1.165) is 16.3 Å². The van der Waals surface area contributed by atoms with Crippen molar-refractivity contribution in [2.45, 2.75) is 57.1 Å². The van der Waals surface area contributed by atoms with Crippen LogP contribution in [0, 0.1) is 5.92 Å². The number of alkyl halides is 3. The lowest BCUT2D eigenvalue weighted by Gasteiger charge is -2.38. The van der Waals surface area contributed by atoms with Crippen molar-refractivity contribution in [3.05, 3.63) is 84.2 Å². The predicted molar refractivity (Wildman–Crippen MR) is 140 cm³/mol. The predicted octanol–water partition coefficient (Wildman–Crippen LogP) is 6.40. The zero-order valence-corrected chi connectivity index (χ0v) is 22.7. The van der Waals surface area contributed by atoms with Crippen LogP contribution in [0.3, 0.4) is 0 Å². The highest BCUT2D eigenvalue weighted by molar-refractivity contribution is 7.87. The van der Waals surface area contributed by atoms with Crippen molar-refractivity contribution in [1.29, 1.82) is 0 Å². The fourth-order valence-corrected chi connectivity index (χ4v) is 5.06. The molecule has 210 valence electrons.